The van der Waals surface area contributed by atoms with E-state index in [0.717, 1.165) is 0 Å². The Labute approximate surface area is 198 Å². The minimum absolute atomic E-state index is 0.0560. The first-order valence-electron chi connectivity index (χ1n) is 10.4. The van der Waals surface area contributed by atoms with Crippen molar-refractivity contribution < 1.29 is 29.2 Å². The fraction of sp³-hybridized carbons (Fsp3) is 0.261. The average Bonchev–Trinajstić information content (AvgIpc) is 2.82. The number of aromatic hydroxyl groups is 1. The van der Waals surface area contributed by atoms with E-state index in [2.05, 4.69) is 5.32 Å². The number of amides is 2. The first-order chi connectivity index (χ1) is 16.2. The lowest BCUT2D eigenvalue weighted by Gasteiger charge is -2.49. The van der Waals surface area contributed by atoms with Crippen LogP contribution in [0.2, 0.25) is 0 Å². The van der Waals surface area contributed by atoms with E-state index >= 15 is 0 Å². The molecule has 1 fully saturated rings. The number of thioether (sulfide) groups is 1. The van der Waals surface area contributed by atoms with Crippen LogP contribution in [-0.4, -0.2) is 49.9 Å². The van der Waals surface area contributed by atoms with Gasteiger partial charge in [-0.05, 0) is 47.9 Å². The van der Waals surface area contributed by atoms with Gasteiger partial charge >= 0.3 is 5.97 Å². The topological polar surface area (TPSA) is 139 Å². The number of nitro groups is 1. The molecule has 2 amide bonds. The highest BCUT2D eigenvalue weighted by molar-refractivity contribution is 8.00. The number of ether oxygens (including phenoxy) is 1. The van der Waals surface area contributed by atoms with E-state index < -0.39 is 28.2 Å². The van der Waals surface area contributed by atoms with Gasteiger partial charge in [0.15, 0.2) is 0 Å². The van der Waals surface area contributed by atoms with Crippen LogP contribution in [0.15, 0.2) is 59.8 Å². The Balaban J connectivity index is 1.37. The molecular weight excluding hydrogens is 462 g/mol. The number of nitro benzene ring substituents is 1. The maximum Gasteiger partial charge on any atom is 0.355 e. The Morgan fingerprint density at radius 1 is 1.18 bits per heavy atom. The molecule has 2 aromatic carbocycles. The smallest absolute Gasteiger partial charge is 0.355 e. The molecule has 2 atom stereocenters. The number of fused-ring (bicyclic) bond motifs is 1. The van der Waals surface area contributed by atoms with Crippen molar-refractivity contribution in [2.24, 2.45) is 0 Å². The van der Waals surface area contributed by atoms with Gasteiger partial charge < -0.3 is 15.2 Å². The van der Waals surface area contributed by atoms with Gasteiger partial charge in [0, 0.05) is 17.9 Å². The summed E-state index contributed by atoms with van der Waals surface area (Å²) in [7, 11) is 0. The number of β-lactam (4-membered cyclic amide) rings is 1. The molecule has 0 radical (unpaired) electrons. The molecule has 0 aromatic heterocycles. The molecule has 4 rings (SSSR count). The van der Waals surface area contributed by atoms with Crippen molar-refractivity contribution in [3.05, 3.63) is 81.0 Å². The van der Waals surface area contributed by atoms with E-state index in [1.807, 2.05) is 0 Å². The molecule has 10 nitrogen and oxygen atoms in total. The van der Waals surface area contributed by atoms with Crippen LogP contribution in [0.25, 0.3) is 0 Å². The molecular formula is C23H21N3O7S. The van der Waals surface area contributed by atoms with E-state index in [4.69, 9.17) is 4.74 Å². The molecule has 0 bridgehead atoms. The Morgan fingerprint density at radius 3 is 2.47 bits per heavy atom. The number of carbonyl (C=O) groups excluding carboxylic acids is 3. The van der Waals surface area contributed by atoms with E-state index in [-0.39, 0.29) is 36.1 Å². The summed E-state index contributed by atoms with van der Waals surface area (Å²) in [6, 6.07) is 11.1. The number of rotatable bonds is 7. The number of non-ortho nitro benzene ring substituents is 1. The summed E-state index contributed by atoms with van der Waals surface area (Å²) < 4.78 is 5.37. The Kier molecular flexibility index (Phi) is 6.55. The third-order valence-electron chi connectivity index (χ3n) is 5.49. The summed E-state index contributed by atoms with van der Waals surface area (Å²) in [4.78, 5) is 49.6. The molecule has 2 aliphatic heterocycles. The van der Waals surface area contributed by atoms with Gasteiger partial charge in [-0.3, -0.25) is 24.6 Å². The van der Waals surface area contributed by atoms with Gasteiger partial charge in [-0.2, -0.15) is 0 Å². The quantitative estimate of drug-likeness (QED) is 0.265. The molecule has 1 unspecified atom stereocenters. The highest BCUT2D eigenvalue weighted by atomic mass is 32.2. The summed E-state index contributed by atoms with van der Waals surface area (Å²) in [5, 5.41) is 22.4. The van der Waals surface area contributed by atoms with Crippen molar-refractivity contribution in [3.8, 4) is 5.75 Å². The first kappa shape index (κ1) is 23.3. The minimum atomic E-state index is -0.750. The third-order valence-corrected chi connectivity index (χ3v) is 6.91. The standard InChI is InChI=1S/C23H21N3O7S/c1-13-12-34-22-19(24-18(28)10-14-4-8-17(27)9-5-14)21(29)25(22)20(13)23(30)33-11-15-2-6-16(7-3-15)26(31)32/h2-9,19,22,27H,10-12H2,1H3,(H,24,28)/t19?,22-/m1/s1. The second-order valence-electron chi connectivity index (χ2n) is 7.93. The minimum Gasteiger partial charge on any atom is -0.508 e. The molecule has 34 heavy (non-hydrogen) atoms. The van der Waals surface area contributed by atoms with E-state index in [9.17, 15) is 29.6 Å². The number of nitrogens with zero attached hydrogens (tertiary/aromatic N) is 2. The maximum atomic E-state index is 12.8. The van der Waals surface area contributed by atoms with Crippen LogP contribution < -0.4 is 5.32 Å². The predicted molar refractivity (Wildman–Crippen MR) is 122 cm³/mol. The maximum absolute atomic E-state index is 12.8. The highest BCUT2D eigenvalue weighted by Crippen LogP contribution is 2.40. The molecule has 11 heteroatoms. The number of esters is 1. The van der Waals surface area contributed by atoms with Crippen molar-refractivity contribution in [3.63, 3.8) is 0 Å². The predicted octanol–water partition coefficient (Wildman–Crippen LogP) is 2.26. The molecule has 0 aliphatic carbocycles. The van der Waals surface area contributed by atoms with Crippen LogP contribution in [0.1, 0.15) is 18.1 Å². The molecule has 2 N–H and O–H groups in total. The average molecular weight is 484 g/mol. The zero-order chi connectivity index (χ0) is 24.4. The van der Waals surface area contributed by atoms with Crippen LogP contribution in [-0.2, 0) is 32.1 Å². The van der Waals surface area contributed by atoms with E-state index in [1.165, 1.54) is 53.1 Å². The van der Waals surface area contributed by atoms with Crippen LogP contribution in [0.4, 0.5) is 5.69 Å². The molecule has 2 heterocycles. The van der Waals surface area contributed by atoms with Crippen molar-refractivity contribution in [1.29, 1.82) is 0 Å². The van der Waals surface area contributed by atoms with E-state index in [1.54, 1.807) is 19.1 Å². The molecule has 1 saturated heterocycles. The molecule has 2 aromatic rings. The van der Waals surface area contributed by atoms with Gasteiger partial charge in [-0.15, -0.1) is 11.8 Å². The van der Waals surface area contributed by atoms with Gasteiger partial charge in [0.25, 0.3) is 11.6 Å². The van der Waals surface area contributed by atoms with Crippen molar-refractivity contribution in [1.82, 2.24) is 10.2 Å². The Bertz CT molecular complexity index is 1180. The third kappa shape index (κ3) is 4.74. The van der Waals surface area contributed by atoms with Crippen molar-refractivity contribution >= 4 is 35.2 Å². The summed E-state index contributed by atoms with van der Waals surface area (Å²) >= 11 is 1.45. The van der Waals surface area contributed by atoms with Gasteiger partial charge in [-0.1, -0.05) is 12.1 Å². The normalized spacial score (nSPS) is 19.2. The fourth-order valence-electron chi connectivity index (χ4n) is 3.72. The molecule has 0 spiro atoms. The van der Waals surface area contributed by atoms with Gasteiger partial charge in [-0.25, -0.2) is 4.79 Å². The summed E-state index contributed by atoms with van der Waals surface area (Å²) in [6.07, 6.45) is 0.0560. The zero-order valence-electron chi connectivity index (χ0n) is 18.1. The van der Waals surface area contributed by atoms with Crippen molar-refractivity contribution in [2.45, 2.75) is 31.4 Å². The largest absolute Gasteiger partial charge is 0.508 e. The van der Waals surface area contributed by atoms with Gasteiger partial charge in [0.05, 0.1) is 11.3 Å². The van der Waals surface area contributed by atoms with Crippen LogP contribution in [0, 0.1) is 10.1 Å². The lowest BCUT2D eigenvalue weighted by Crippen LogP contribution is -2.70. The first-order valence-corrected chi connectivity index (χ1v) is 11.4. The number of benzene rings is 2. The van der Waals surface area contributed by atoms with Crippen LogP contribution in [0.5, 0.6) is 5.75 Å². The number of hydrogen-bond acceptors (Lipinski definition) is 8. The summed E-state index contributed by atoms with van der Waals surface area (Å²) in [5.74, 6) is -0.789. The SMILES string of the molecule is CC1=C(C(=O)OCc2ccc([N+](=O)[O-])cc2)N2C(=O)C(NC(=O)Cc3ccc(O)cc3)[C@H]2SC1. The summed E-state index contributed by atoms with van der Waals surface area (Å²) in [5.41, 5.74) is 2.07. The molecule has 2 aliphatic rings. The van der Waals surface area contributed by atoms with E-state index in [0.29, 0.717) is 22.5 Å². The fourth-order valence-corrected chi connectivity index (χ4v) is 5.01. The molecule has 176 valence electrons. The molecule has 0 saturated carbocycles. The number of phenolic OH excluding ortho intramolecular Hbond substituents is 1. The number of phenols is 1. The van der Waals surface area contributed by atoms with Crippen LogP contribution in [0.3, 0.4) is 0 Å². The zero-order valence-corrected chi connectivity index (χ0v) is 18.9. The van der Waals surface area contributed by atoms with Crippen LogP contribution >= 0.6 is 11.8 Å². The Hall–Kier alpha value is -3.86. The van der Waals surface area contributed by atoms with Crippen molar-refractivity contribution in [2.75, 3.05) is 5.75 Å². The number of carbonyl (C=O) groups is 3. The monoisotopic (exact) mass is 483 g/mol. The second kappa shape index (κ2) is 9.56. The summed E-state index contributed by atoms with van der Waals surface area (Å²) in [6.45, 7) is 1.65. The second-order valence-corrected chi connectivity index (χ2v) is 9.03. The van der Waals surface area contributed by atoms with Gasteiger partial charge in [0.1, 0.15) is 29.5 Å². The number of hydrogen-bond donors (Lipinski definition) is 2. The Morgan fingerprint density at radius 2 is 1.82 bits per heavy atom. The lowest BCUT2D eigenvalue weighted by molar-refractivity contribution is -0.384. The lowest BCUT2D eigenvalue weighted by atomic mass is 10.0. The number of nitrogens with one attached hydrogen (secondary N) is 1. The van der Waals surface area contributed by atoms with Gasteiger partial charge in [0.2, 0.25) is 5.91 Å². The highest BCUT2D eigenvalue weighted by Gasteiger charge is 2.53.